The van der Waals surface area contributed by atoms with Crippen LogP contribution < -0.4 is 4.74 Å². The van der Waals surface area contributed by atoms with Crippen LogP contribution in [0.5, 0.6) is 11.5 Å². The normalized spacial score (nSPS) is 14.5. The molecule has 0 amide bonds. The molecule has 0 unspecified atom stereocenters. The second-order valence-corrected chi connectivity index (χ2v) is 6.30. The van der Waals surface area contributed by atoms with Gasteiger partial charge in [-0.2, -0.15) is 0 Å². The molecule has 1 aliphatic rings. The lowest BCUT2D eigenvalue weighted by Gasteiger charge is -2.13. The monoisotopic (exact) mass is 328 g/mol. The standard InChI is InChI=1S/C23H20O2/c1-25-18-8-4-6-16(14-18)15-22-19-9-3-2-7-17(19)12-13-21-20(22)10-5-11-23(21)24/h2-11,14-15,24H,12-13H2,1H3/b22-15+. The Labute approximate surface area is 148 Å². The van der Waals surface area contributed by atoms with E-state index < -0.39 is 0 Å². The summed E-state index contributed by atoms with van der Waals surface area (Å²) in [5.41, 5.74) is 6.90. The van der Waals surface area contributed by atoms with Gasteiger partial charge in [0.1, 0.15) is 11.5 Å². The fourth-order valence-electron chi connectivity index (χ4n) is 3.55. The highest BCUT2D eigenvalue weighted by Crippen LogP contribution is 2.38. The lowest BCUT2D eigenvalue weighted by molar-refractivity contribution is 0.414. The molecule has 0 atom stereocenters. The molecular formula is C23H20O2. The van der Waals surface area contributed by atoms with Gasteiger partial charge in [-0.3, -0.25) is 0 Å². The van der Waals surface area contributed by atoms with Crippen molar-refractivity contribution < 1.29 is 9.84 Å². The number of phenolic OH excluding ortho intramolecular Hbond substituents is 1. The highest BCUT2D eigenvalue weighted by atomic mass is 16.5. The van der Waals surface area contributed by atoms with Crippen molar-refractivity contribution in [2.75, 3.05) is 7.11 Å². The third kappa shape index (κ3) is 2.91. The van der Waals surface area contributed by atoms with Crippen LogP contribution in [0.15, 0.2) is 66.7 Å². The summed E-state index contributed by atoms with van der Waals surface area (Å²) in [6, 6.07) is 22.3. The van der Waals surface area contributed by atoms with E-state index in [1.807, 2.05) is 24.3 Å². The Morgan fingerprint density at radius 3 is 2.56 bits per heavy atom. The largest absolute Gasteiger partial charge is 0.508 e. The Bertz CT molecular complexity index is 954. The van der Waals surface area contributed by atoms with Crippen molar-refractivity contribution in [2.45, 2.75) is 12.8 Å². The van der Waals surface area contributed by atoms with Crippen LogP contribution in [-0.2, 0) is 12.8 Å². The van der Waals surface area contributed by atoms with Crippen LogP contribution in [0, 0.1) is 0 Å². The van der Waals surface area contributed by atoms with Gasteiger partial charge in [-0.1, -0.05) is 48.5 Å². The van der Waals surface area contributed by atoms with E-state index in [-0.39, 0.29) is 0 Å². The Balaban J connectivity index is 1.96. The molecule has 0 radical (unpaired) electrons. The maximum atomic E-state index is 10.4. The molecule has 0 heterocycles. The van der Waals surface area contributed by atoms with Crippen molar-refractivity contribution in [3.63, 3.8) is 0 Å². The smallest absolute Gasteiger partial charge is 0.119 e. The highest BCUT2D eigenvalue weighted by molar-refractivity contribution is 5.94. The Morgan fingerprint density at radius 2 is 1.68 bits per heavy atom. The van der Waals surface area contributed by atoms with Gasteiger partial charge in [-0.05, 0) is 64.9 Å². The van der Waals surface area contributed by atoms with Crippen LogP contribution in [0.2, 0.25) is 0 Å². The van der Waals surface area contributed by atoms with Crippen LogP contribution in [0.1, 0.15) is 27.8 Å². The van der Waals surface area contributed by atoms with E-state index in [0.29, 0.717) is 5.75 Å². The topological polar surface area (TPSA) is 29.5 Å². The fourth-order valence-corrected chi connectivity index (χ4v) is 3.55. The number of aryl methyl sites for hydroxylation is 1. The predicted molar refractivity (Wildman–Crippen MR) is 102 cm³/mol. The summed E-state index contributed by atoms with van der Waals surface area (Å²) < 4.78 is 5.36. The number of methoxy groups -OCH3 is 1. The molecule has 0 aliphatic heterocycles. The van der Waals surface area contributed by atoms with Gasteiger partial charge in [0.05, 0.1) is 7.11 Å². The summed E-state index contributed by atoms with van der Waals surface area (Å²) in [7, 11) is 1.68. The number of fused-ring (bicyclic) bond motifs is 2. The first-order valence-electron chi connectivity index (χ1n) is 8.51. The number of aromatic hydroxyl groups is 1. The van der Waals surface area contributed by atoms with Crippen molar-refractivity contribution in [1.82, 2.24) is 0 Å². The molecule has 4 rings (SSSR count). The van der Waals surface area contributed by atoms with E-state index in [4.69, 9.17) is 4.74 Å². The summed E-state index contributed by atoms with van der Waals surface area (Å²) in [5.74, 6) is 1.22. The van der Waals surface area contributed by atoms with Crippen molar-refractivity contribution in [3.8, 4) is 11.5 Å². The summed E-state index contributed by atoms with van der Waals surface area (Å²) in [4.78, 5) is 0. The van der Waals surface area contributed by atoms with Gasteiger partial charge in [0.2, 0.25) is 0 Å². The molecule has 0 spiro atoms. The van der Waals surface area contributed by atoms with Crippen molar-refractivity contribution >= 4 is 11.6 Å². The molecule has 1 aliphatic carbocycles. The van der Waals surface area contributed by atoms with Gasteiger partial charge in [-0.15, -0.1) is 0 Å². The minimum atomic E-state index is 0.377. The van der Waals surface area contributed by atoms with Crippen LogP contribution >= 0.6 is 0 Å². The van der Waals surface area contributed by atoms with E-state index in [1.165, 1.54) is 11.1 Å². The quantitative estimate of drug-likeness (QED) is 0.710. The summed E-state index contributed by atoms with van der Waals surface area (Å²) in [6.45, 7) is 0. The van der Waals surface area contributed by atoms with Crippen molar-refractivity contribution in [3.05, 3.63) is 94.5 Å². The number of phenols is 1. The molecule has 1 N–H and O–H groups in total. The van der Waals surface area contributed by atoms with E-state index >= 15 is 0 Å². The zero-order chi connectivity index (χ0) is 17.2. The van der Waals surface area contributed by atoms with Crippen LogP contribution in [0.4, 0.5) is 0 Å². The molecule has 0 fully saturated rings. The molecule has 2 nitrogen and oxygen atoms in total. The van der Waals surface area contributed by atoms with Crippen LogP contribution in [0.3, 0.4) is 0 Å². The maximum absolute atomic E-state index is 10.4. The average molecular weight is 328 g/mol. The number of ether oxygens (including phenoxy) is 1. The molecule has 0 saturated carbocycles. The molecular weight excluding hydrogens is 308 g/mol. The number of hydrogen-bond donors (Lipinski definition) is 1. The van der Waals surface area contributed by atoms with Gasteiger partial charge in [0.25, 0.3) is 0 Å². The summed E-state index contributed by atoms with van der Waals surface area (Å²) in [6.07, 6.45) is 3.95. The highest BCUT2D eigenvalue weighted by Gasteiger charge is 2.19. The Hall–Kier alpha value is -3.00. The summed E-state index contributed by atoms with van der Waals surface area (Å²) in [5, 5.41) is 10.4. The third-order valence-corrected chi connectivity index (χ3v) is 4.80. The lowest BCUT2D eigenvalue weighted by atomic mass is 9.92. The fraction of sp³-hybridized carbons (Fsp3) is 0.130. The molecule has 3 aromatic carbocycles. The van der Waals surface area contributed by atoms with Gasteiger partial charge in [-0.25, -0.2) is 0 Å². The number of rotatable bonds is 2. The molecule has 0 bridgehead atoms. The van der Waals surface area contributed by atoms with Crippen LogP contribution in [-0.4, -0.2) is 12.2 Å². The van der Waals surface area contributed by atoms with Gasteiger partial charge in [0.15, 0.2) is 0 Å². The SMILES string of the molecule is COc1cccc(/C=C2\c3ccccc3CCc3c(O)cccc32)c1. The van der Waals surface area contributed by atoms with E-state index in [2.05, 4.69) is 42.5 Å². The summed E-state index contributed by atoms with van der Waals surface area (Å²) >= 11 is 0. The second kappa shape index (κ2) is 6.48. The molecule has 124 valence electrons. The average Bonchev–Trinajstić information content (AvgIpc) is 2.81. The third-order valence-electron chi connectivity index (χ3n) is 4.80. The Kier molecular flexibility index (Phi) is 4.02. The zero-order valence-electron chi connectivity index (χ0n) is 14.2. The van der Waals surface area contributed by atoms with Gasteiger partial charge in [0, 0.05) is 5.56 Å². The van der Waals surface area contributed by atoms with Gasteiger partial charge < -0.3 is 9.84 Å². The zero-order valence-corrected chi connectivity index (χ0v) is 14.2. The lowest BCUT2D eigenvalue weighted by Crippen LogP contribution is -1.93. The van der Waals surface area contributed by atoms with Crippen molar-refractivity contribution in [2.24, 2.45) is 0 Å². The Morgan fingerprint density at radius 1 is 0.880 bits per heavy atom. The number of benzene rings is 3. The number of hydrogen-bond acceptors (Lipinski definition) is 2. The molecule has 0 aromatic heterocycles. The predicted octanol–water partition coefficient (Wildman–Crippen LogP) is 5.09. The first kappa shape index (κ1) is 15.5. The first-order chi connectivity index (χ1) is 12.3. The van der Waals surface area contributed by atoms with Crippen LogP contribution in [0.25, 0.3) is 11.6 Å². The second-order valence-electron chi connectivity index (χ2n) is 6.30. The minimum absolute atomic E-state index is 0.377. The molecule has 0 saturated heterocycles. The van der Waals surface area contributed by atoms with Gasteiger partial charge >= 0.3 is 0 Å². The maximum Gasteiger partial charge on any atom is 0.119 e. The van der Waals surface area contributed by atoms with E-state index in [0.717, 1.165) is 40.9 Å². The first-order valence-corrected chi connectivity index (χ1v) is 8.51. The minimum Gasteiger partial charge on any atom is -0.508 e. The van der Waals surface area contributed by atoms with Crippen molar-refractivity contribution in [1.29, 1.82) is 0 Å². The molecule has 25 heavy (non-hydrogen) atoms. The molecule has 3 aromatic rings. The van der Waals surface area contributed by atoms with E-state index in [9.17, 15) is 5.11 Å². The van der Waals surface area contributed by atoms with E-state index in [1.54, 1.807) is 13.2 Å². The molecule has 2 heteroatoms.